The molecule has 1 aliphatic heterocycles. The molecular weight excluding hydrogens is 427 g/mol. The highest BCUT2D eigenvalue weighted by atomic mass is 32.2. The van der Waals surface area contributed by atoms with Gasteiger partial charge in [0.1, 0.15) is 0 Å². The average molecular weight is 449 g/mol. The third-order valence-corrected chi connectivity index (χ3v) is 6.13. The second kappa shape index (κ2) is 8.64. The van der Waals surface area contributed by atoms with Crippen LogP contribution < -0.4 is 5.32 Å². The van der Waals surface area contributed by atoms with E-state index in [1.54, 1.807) is 19.0 Å². The van der Waals surface area contributed by atoms with Crippen molar-refractivity contribution in [1.82, 2.24) is 14.5 Å². The van der Waals surface area contributed by atoms with Crippen LogP contribution in [0.1, 0.15) is 24.5 Å². The quantitative estimate of drug-likeness (QED) is 0.661. The Hall–Kier alpha value is -2.60. The Morgan fingerprint density at radius 1 is 1.27 bits per heavy atom. The fourth-order valence-electron chi connectivity index (χ4n) is 3.13. The van der Waals surface area contributed by atoms with Gasteiger partial charge in [-0.2, -0.15) is 17.5 Å². The van der Waals surface area contributed by atoms with Crippen LogP contribution in [-0.4, -0.2) is 67.2 Å². The highest BCUT2D eigenvalue weighted by Gasteiger charge is 2.44. The van der Waals surface area contributed by atoms with E-state index in [2.05, 4.69) is 5.32 Å². The lowest BCUT2D eigenvalue weighted by molar-refractivity contribution is -0.138. The van der Waals surface area contributed by atoms with Crippen LogP contribution in [-0.2, 0) is 21.0 Å². The van der Waals surface area contributed by atoms with Gasteiger partial charge in [0.15, 0.2) is 0 Å². The number of nitrogens with zero attached hydrogens (tertiary/aromatic N) is 2. The van der Waals surface area contributed by atoms with Crippen LogP contribution in [0.3, 0.4) is 0 Å². The topological polar surface area (TPSA) is 107 Å². The monoisotopic (exact) mass is 449 g/mol. The normalized spacial score (nSPS) is 18.0. The summed E-state index contributed by atoms with van der Waals surface area (Å²) >= 11 is 0. The van der Waals surface area contributed by atoms with E-state index in [0.29, 0.717) is 12.6 Å². The molecule has 0 spiro atoms. The average Bonchev–Trinajstić information content (AvgIpc) is 2.59. The maximum atomic E-state index is 13.6. The van der Waals surface area contributed by atoms with Crippen LogP contribution >= 0.6 is 0 Å². The zero-order valence-electron chi connectivity index (χ0n) is 16.5. The van der Waals surface area contributed by atoms with Gasteiger partial charge in [-0.1, -0.05) is 18.2 Å². The Bertz CT molecular complexity index is 974. The van der Waals surface area contributed by atoms with Crippen molar-refractivity contribution < 1.29 is 36.3 Å². The van der Waals surface area contributed by atoms with Crippen molar-refractivity contribution in [3.8, 4) is 0 Å². The zero-order valence-corrected chi connectivity index (χ0v) is 17.3. The molecule has 166 valence electrons. The fourth-order valence-corrected chi connectivity index (χ4v) is 4.59. The van der Waals surface area contributed by atoms with Gasteiger partial charge < -0.3 is 15.3 Å². The lowest BCUT2D eigenvalue weighted by Gasteiger charge is -2.34. The van der Waals surface area contributed by atoms with Crippen molar-refractivity contribution in [2.45, 2.75) is 25.6 Å². The van der Waals surface area contributed by atoms with Crippen LogP contribution in [0.25, 0.3) is 5.70 Å². The van der Waals surface area contributed by atoms with Crippen molar-refractivity contribution in [2.75, 3.05) is 26.4 Å². The van der Waals surface area contributed by atoms with Gasteiger partial charge in [-0.3, -0.25) is 0 Å². The summed E-state index contributed by atoms with van der Waals surface area (Å²) in [6.07, 6.45) is -4.81. The molecule has 1 aliphatic rings. The van der Waals surface area contributed by atoms with Crippen LogP contribution in [0.2, 0.25) is 0 Å². The first-order valence-electron chi connectivity index (χ1n) is 8.89. The maximum Gasteiger partial charge on any atom is 0.417 e. The minimum Gasteiger partial charge on any atom is -0.478 e. The highest BCUT2D eigenvalue weighted by molar-refractivity contribution is 7.89. The number of rotatable bonds is 7. The Balaban J connectivity index is 2.76. The molecule has 2 N–H and O–H groups in total. The number of sulfonamides is 1. The van der Waals surface area contributed by atoms with Crippen LogP contribution in [0.4, 0.5) is 18.0 Å². The number of nitrogens with one attached hydrogen (secondary N) is 1. The van der Waals surface area contributed by atoms with E-state index in [1.165, 1.54) is 13.0 Å². The Kier molecular flexibility index (Phi) is 6.82. The number of urea groups is 1. The molecule has 0 saturated carbocycles. The highest BCUT2D eigenvalue weighted by Crippen LogP contribution is 2.39. The van der Waals surface area contributed by atoms with Crippen LogP contribution in [0.15, 0.2) is 29.8 Å². The largest absolute Gasteiger partial charge is 0.478 e. The molecule has 0 fully saturated rings. The Labute approximate surface area is 172 Å². The Morgan fingerprint density at radius 3 is 2.40 bits per heavy atom. The molecule has 0 saturated heterocycles. The van der Waals surface area contributed by atoms with E-state index >= 15 is 0 Å². The number of carboxylic acids is 1. The second-order valence-corrected chi connectivity index (χ2v) is 8.96. The smallest absolute Gasteiger partial charge is 0.417 e. The van der Waals surface area contributed by atoms with Gasteiger partial charge in [0.2, 0.25) is 10.0 Å². The van der Waals surface area contributed by atoms with E-state index in [1.807, 2.05) is 0 Å². The predicted molar refractivity (Wildman–Crippen MR) is 103 cm³/mol. The third kappa shape index (κ3) is 4.93. The van der Waals surface area contributed by atoms with Crippen molar-refractivity contribution in [1.29, 1.82) is 0 Å². The molecular formula is C18H22F3N3O5S. The summed E-state index contributed by atoms with van der Waals surface area (Å²) in [5.74, 6) is -2.19. The third-order valence-electron chi connectivity index (χ3n) is 4.42. The molecule has 1 unspecified atom stereocenters. The first-order valence-corrected chi connectivity index (χ1v) is 10.5. The standard InChI is InChI=1S/C18H22F3N3O5S/c1-11-14(16(25)26)15(12-7-4-5-8-13(12)18(19,20)21)24(17(27)22-11)30(28,29)10-6-9-23(2)3/h4-5,7-8,11H,6,9-10H2,1-3H3,(H,22,27)(H,25,26). The number of amides is 2. The number of hydrogen-bond acceptors (Lipinski definition) is 5. The second-order valence-electron chi connectivity index (χ2n) is 7.02. The summed E-state index contributed by atoms with van der Waals surface area (Å²) < 4.78 is 66.8. The fraction of sp³-hybridized carbons (Fsp3) is 0.444. The van der Waals surface area contributed by atoms with Crippen LogP contribution in [0, 0.1) is 0 Å². The zero-order chi connectivity index (χ0) is 22.9. The maximum absolute atomic E-state index is 13.6. The number of carboxylic acid groups (broad SMARTS) is 1. The summed E-state index contributed by atoms with van der Waals surface area (Å²) in [4.78, 5) is 26.2. The molecule has 12 heteroatoms. The minimum atomic E-state index is -4.90. The van der Waals surface area contributed by atoms with Crippen LogP contribution in [0.5, 0.6) is 0 Å². The predicted octanol–water partition coefficient (Wildman–Crippen LogP) is 2.20. The van der Waals surface area contributed by atoms with Gasteiger partial charge in [-0.25, -0.2) is 18.0 Å². The van der Waals surface area contributed by atoms with Gasteiger partial charge in [-0.15, -0.1) is 0 Å². The molecule has 30 heavy (non-hydrogen) atoms. The molecule has 0 aromatic heterocycles. The summed E-state index contributed by atoms with van der Waals surface area (Å²) in [7, 11) is -1.06. The molecule has 0 radical (unpaired) electrons. The number of halogens is 3. The van der Waals surface area contributed by atoms with Gasteiger partial charge >= 0.3 is 18.2 Å². The lowest BCUT2D eigenvalue weighted by atomic mass is 9.95. The van der Waals surface area contributed by atoms with E-state index in [-0.39, 0.29) is 10.7 Å². The van der Waals surface area contributed by atoms with Gasteiger partial charge in [-0.05, 0) is 40.1 Å². The number of benzene rings is 1. The minimum absolute atomic E-state index is 0.0886. The van der Waals surface area contributed by atoms with Gasteiger partial charge in [0.25, 0.3) is 0 Å². The molecule has 0 bridgehead atoms. The SMILES string of the molecule is CC1NC(=O)N(S(=O)(=O)CCCN(C)C)C(c2ccccc2C(F)(F)F)=C1C(=O)O. The molecule has 8 nitrogen and oxygen atoms in total. The van der Waals surface area contributed by atoms with E-state index in [0.717, 1.165) is 12.1 Å². The Morgan fingerprint density at radius 2 is 1.87 bits per heavy atom. The summed E-state index contributed by atoms with van der Waals surface area (Å²) in [5, 5.41) is 11.8. The number of carbonyl (C=O) groups is 2. The number of carbonyl (C=O) groups excluding carboxylic acids is 1. The number of aliphatic carboxylic acids is 1. The molecule has 0 aliphatic carbocycles. The summed E-state index contributed by atoms with van der Waals surface area (Å²) in [6, 6.07) is 1.55. The van der Waals surface area contributed by atoms with Crippen molar-refractivity contribution in [3.05, 3.63) is 41.0 Å². The van der Waals surface area contributed by atoms with E-state index in [4.69, 9.17) is 0 Å². The van der Waals surface area contributed by atoms with Gasteiger partial charge in [0.05, 0.1) is 28.6 Å². The van der Waals surface area contributed by atoms with E-state index < -0.39 is 62.4 Å². The van der Waals surface area contributed by atoms with Crippen molar-refractivity contribution >= 4 is 27.7 Å². The molecule has 1 heterocycles. The van der Waals surface area contributed by atoms with Crippen molar-refractivity contribution in [3.63, 3.8) is 0 Å². The molecule has 1 aromatic rings. The van der Waals surface area contributed by atoms with Gasteiger partial charge in [0, 0.05) is 5.56 Å². The first kappa shape index (κ1) is 23.7. The first-order chi connectivity index (χ1) is 13.8. The number of alkyl halides is 3. The summed E-state index contributed by atoms with van der Waals surface area (Å²) in [6.45, 7) is 1.60. The molecule has 1 aromatic carbocycles. The molecule has 1 atom stereocenters. The molecule has 2 amide bonds. The van der Waals surface area contributed by atoms with Crippen molar-refractivity contribution in [2.24, 2.45) is 0 Å². The lowest BCUT2D eigenvalue weighted by Crippen LogP contribution is -2.53. The van der Waals surface area contributed by atoms with E-state index in [9.17, 15) is 36.3 Å². The summed E-state index contributed by atoms with van der Waals surface area (Å²) in [5.41, 5.74) is -3.38. The molecule has 2 rings (SSSR count). The number of hydrogen-bond donors (Lipinski definition) is 2.